The van der Waals surface area contributed by atoms with Crippen molar-refractivity contribution in [3.63, 3.8) is 0 Å². The lowest BCUT2D eigenvalue weighted by Crippen LogP contribution is -2.28. The van der Waals surface area contributed by atoms with Crippen LogP contribution in [0.4, 0.5) is 17.6 Å². The van der Waals surface area contributed by atoms with Crippen LogP contribution in [0.2, 0.25) is 0 Å². The van der Waals surface area contributed by atoms with Crippen LogP contribution < -0.4 is 0 Å². The number of carbonyl (C=O) groups is 3. The molecule has 1 N–H and O–H groups in total. The molecule has 0 bridgehead atoms. The number of aliphatic hydroxyl groups excluding tert-OH is 1. The fourth-order valence-corrected chi connectivity index (χ4v) is 12.3. The molecular weight excluding hydrogens is 805 g/mol. The van der Waals surface area contributed by atoms with Gasteiger partial charge in [-0.15, -0.1) is 22.7 Å². The summed E-state index contributed by atoms with van der Waals surface area (Å²) in [6.45, 7) is 0. The van der Waals surface area contributed by atoms with E-state index in [1.165, 1.54) is 52.0 Å². The van der Waals surface area contributed by atoms with Crippen LogP contribution in [0.15, 0.2) is 96.1 Å². The van der Waals surface area contributed by atoms with Crippen LogP contribution in [-0.2, 0) is 5.41 Å². The van der Waals surface area contributed by atoms with Crippen LogP contribution in [0.5, 0.6) is 0 Å². The molecule has 8 aromatic rings. The molecule has 60 heavy (non-hydrogen) atoms. The number of Topliss-reactive ketones (excluding diaryl/α,β-unsaturated/α-hetero) is 3. The molecule has 0 radical (unpaired) electrons. The number of fused-ring (bicyclic) bond motifs is 11. The third-order valence-electron chi connectivity index (χ3n) is 13.1. The number of rotatable bonds is 2. The average Bonchev–Trinajstić information content (AvgIpc) is 3.99. The van der Waals surface area contributed by atoms with E-state index in [1.807, 2.05) is 6.07 Å². The van der Waals surface area contributed by atoms with E-state index in [9.17, 15) is 37.1 Å². The first-order chi connectivity index (χ1) is 28.9. The SMILES string of the molecule is O=C1C(=Cc2cc3cc4c(cc3s2)-c2cc3sc(/C=C5\C(=O)c6cc7cc(F)c(F)cc7cc6C5O)cc3cc2C42CCCCC2)C(=O)c2cc3cc(F)c(F)cc3cc21. The van der Waals surface area contributed by atoms with E-state index < -0.39 is 40.9 Å². The van der Waals surface area contributed by atoms with Crippen molar-refractivity contribution < 1.29 is 37.1 Å². The Morgan fingerprint density at radius 3 is 1.48 bits per heavy atom. The van der Waals surface area contributed by atoms with Gasteiger partial charge in [-0.05, 0) is 170 Å². The second kappa shape index (κ2) is 12.5. The fraction of sp³-hybridized carbons (Fsp3) is 0.140. The molecule has 4 aliphatic rings. The summed E-state index contributed by atoms with van der Waals surface area (Å²) < 4.78 is 58.1. The third-order valence-corrected chi connectivity index (χ3v) is 15.2. The molecule has 1 spiro atoms. The standard InChI is InChI=1S/C50H28F4O4S2/c51-40-14-22-8-32-33(9-23(22)15-41(40)52)47(56)36(46(32)55)18-28-6-26-12-38-30(20-44(26)59-28)31-21-45-27(13-39(31)50(38)4-2-1-3-5-50)7-29(60-45)19-37-48(57)34-10-24-16-42(53)43(54)17-25(24)11-35(34)49(37)58/h6-21,46,55H,1-5H2/b36-18-. The van der Waals surface area contributed by atoms with Crippen LogP contribution in [0.1, 0.15) is 95.7 Å². The molecular formula is C50H28F4O4S2. The molecule has 4 aliphatic carbocycles. The average molecular weight is 833 g/mol. The number of thiophene rings is 2. The summed E-state index contributed by atoms with van der Waals surface area (Å²) in [6, 6.07) is 23.3. The summed E-state index contributed by atoms with van der Waals surface area (Å²) >= 11 is 3.02. The molecule has 1 atom stereocenters. The lowest BCUT2D eigenvalue weighted by Gasteiger charge is -2.36. The monoisotopic (exact) mass is 832 g/mol. The predicted octanol–water partition coefficient (Wildman–Crippen LogP) is 13.0. The predicted molar refractivity (Wildman–Crippen MR) is 228 cm³/mol. The topological polar surface area (TPSA) is 71.4 Å². The maximum absolute atomic E-state index is 14.0. The first kappa shape index (κ1) is 35.8. The van der Waals surface area contributed by atoms with Crippen molar-refractivity contribution in [2.24, 2.45) is 0 Å². The van der Waals surface area contributed by atoms with Crippen LogP contribution in [0, 0.1) is 23.3 Å². The molecule has 4 nitrogen and oxygen atoms in total. The number of ketones is 3. The van der Waals surface area contributed by atoms with Crippen molar-refractivity contribution in [1.82, 2.24) is 0 Å². The molecule has 1 fully saturated rings. The van der Waals surface area contributed by atoms with Crippen molar-refractivity contribution in [3.8, 4) is 11.1 Å². The van der Waals surface area contributed by atoms with E-state index in [1.54, 1.807) is 18.2 Å². The molecule has 292 valence electrons. The maximum atomic E-state index is 14.0. The first-order valence-electron chi connectivity index (χ1n) is 19.7. The van der Waals surface area contributed by atoms with Gasteiger partial charge < -0.3 is 5.11 Å². The Kier molecular flexibility index (Phi) is 7.46. The normalized spacial score (nSPS) is 18.5. The molecule has 10 heteroatoms. The summed E-state index contributed by atoms with van der Waals surface area (Å²) in [5.41, 5.74) is 5.92. The lowest BCUT2D eigenvalue weighted by atomic mass is 9.67. The molecule has 2 aromatic heterocycles. The van der Waals surface area contributed by atoms with Gasteiger partial charge in [-0.25, -0.2) is 17.6 Å². The summed E-state index contributed by atoms with van der Waals surface area (Å²) in [5.74, 6) is -5.26. The van der Waals surface area contributed by atoms with Crippen molar-refractivity contribution in [2.45, 2.75) is 43.6 Å². The zero-order valence-electron chi connectivity index (χ0n) is 31.4. The van der Waals surface area contributed by atoms with Gasteiger partial charge in [0.1, 0.15) is 6.10 Å². The Balaban J connectivity index is 0.923. The second-order valence-electron chi connectivity index (χ2n) is 16.4. The van der Waals surface area contributed by atoms with Crippen molar-refractivity contribution in [2.75, 3.05) is 0 Å². The van der Waals surface area contributed by atoms with Crippen LogP contribution in [-0.4, -0.2) is 22.5 Å². The van der Waals surface area contributed by atoms with Gasteiger partial charge in [0.05, 0.1) is 5.57 Å². The van der Waals surface area contributed by atoms with Crippen LogP contribution in [0.25, 0.3) is 65.0 Å². The van der Waals surface area contributed by atoms with E-state index in [-0.39, 0.29) is 39.0 Å². The first-order valence-corrected chi connectivity index (χ1v) is 21.3. The van der Waals surface area contributed by atoms with Crippen LogP contribution in [0.3, 0.4) is 0 Å². The summed E-state index contributed by atoms with van der Waals surface area (Å²) in [6.07, 6.45) is 7.48. The van der Waals surface area contributed by atoms with Crippen molar-refractivity contribution in [1.29, 1.82) is 0 Å². The largest absolute Gasteiger partial charge is 0.383 e. The van der Waals surface area contributed by atoms with Gasteiger partial charge in [-0.2, -0.15) is 0 Å². The third kappa shape index (κ3) is 5.01. The Bertz CT molecular complexity index is 3370. The Morgan fingerprint density at radius 1 is 0.500 bits per heavy atom. The van der Waals surface area contributed by atoms with Gasteiger partial charge in [0.25, 0.3) is 0 Å². The van der Waals surface area contributed by atoms with Crippen molar-refractivity contribution in [3.05, 3.63) is 162 Å². The zero-order chi connectivity index (χ0) is 40.9. The zero-order valence-corrected chi connectivity index (χ0v) is 33.0. The molecule has 1 unspecified atom stereocenters. The number of allylic oxidation sites excluding steroid dienone is 1. The molecule has 1 saturated carbocycles. The number of aliphatic hydroxyl groups is 1. The molecule has 12 rings (SSSR count). The van der Waals surface area contributed by atoms with Gasteiger partial charge >= 0.3 is 0 Å². The fourth-order valence-electron chi connectivity index (χ4n) is 10.2. The number of carbonyl (C=O) groups excluding carboxylic acids is 3. The highest BCUT2D eigenvalue weighted by Gasteiger charge is 2.44. The molecule has 0 saturated heterocycles. The van der Waals surface area contributed by atoms with Crippen LogP contribution >= 0.6 is 22.7 Å². The highest BCUT2D eigenvalue weighted by Crippen LogP contribution is 2.58. The second-order valence-corrected chi connectivity index (χ2v) is 18.7. The van der Waals surface area contributed by atoms with E-state index in [0.29, 0.717) is 27.1 Å². The minimum Gasteiger partial charge on any atom is -0.383 e. The van der Waals surface area contributed by atoms with E-state index in [0.717, 1.165) is 97.4 Å². The molecule has 2 heterocycles. The van der Waals surface area contributed by atoms with Gasteiger partial charge in [0, 0.05) is 46.8 Å². The summed E-state index contributed by atoms with van der Waals surface area (Å²) in [5, 5.41) is 14.9. The van der Waals surface area contributed by atoms with Gasteiger partial charge in [0.15, 0.2) is 40.6 Å². The Hall–Kier alpha value is -6.07. The number of hydrogen-bond donors (Lipinski definition) is 1. The highest BCUT2D eigenvalue weighted by atomic mass is 32.1. The molecule has 6 aromatic carbocycles. The smallest absolute Gasteiger partial charge is 0.197 e. The van der Waals surface area contributed by atoms with Gasteiger partial charge in [-0.3, -0.25) is 14.4 Å². The Labute approximate surface area is 346 Å². The quantitative estimate of drug-likeness (QED) is 0.107. The Morgan fingerprint density at radius 2 is 0.967 bits per heavy atom. The minimum atomic E-state index is -1.21. The van der Waals surface area contributed by atoms with E-state index in [2.05, 4.69) is 30.3 Å². The van der Waals surface area contributed by atoms with E-state index in [4.69, 9.17) is 0 Å². The van der Waals surface area contributed by atoms with E-state index >= 15 is 0 Å². The number of halogens is 4. The number of benzene rings is 6. The highest BCUT2D eigenvalue weighted by molar-refractivity contribution is 7.20. The minimum absolute atomic E-state index is 0.0233. The number of hydrogen-bond acceptors (Lipinski definition) is 6. The van der Waals surface area contributed by atoms with Crippen molar-refractivity contribution >= 4 is 93.9 Å². The molecule has 0 aliphatic heterocycles. The summed E-state index contributed by atoms with van der Waals surface area (Å²) in [7, 11) is 0. The lowest BCUT2D eigenvalue weighted by molar-refractivity contribution is 0.0986. The summed E-state index contributed by atoms with van der Waals surface area (Å²) in [4.78, 5) is 42.3. The van der Waals surface area contributed by atoms with Gasteiger partial charge in [0.2, 0.25) is 0 Å². The maximum Gasteiger partial charge on any atom is 0.197 e. The molecule has 0 amide bonds. The van der Waals surface area contributed by atoms with Gasteiger partial charge in [-0.1, -0.05) is 19.3 Å².